The molecule has 2 aromatic rings. The lowest BCUT2D eigenvalue weighted by Gasteiger charge is -2.12. The molecule has 0 fully saturated rings. The summed E-state index contributed by atoms with van der Waals surface area (Å²) in [7, 11) is 0. The SMILES string of the molecule is CCCCC(CC)C(=O)c1sc2ccc(Cl)cc2c1C. The van der Waals surface area contributed by atoms with Gasteiger partial charge < -0.3 is 0 Å². The van der Waals surface area contributed by atoms with Crippen LogP contribution >= 0.6 is 22.9 Å². The Morgan fingerprint density at radius 1 is 1.35 bits per heavy atom. The zero-order valence-corrected chi connectivity index (χ0v) is 13.9. The van der Waals surface area contributed by atoms with Crippen LogP contribution in [0, 0.1) is 12.8 Å². The number of hydrogen-bond donors (Lipinski definition) is 0. The van der Waals surface area contributed by atoms with Crippen molar-refractivity contribution in [2.75, 3.05) is 0 Å². The maximum absolute atomic E-state index is 12.7. The predicted octanol–water partition coefficient (Wildman–Crippen LogP) is 6.26. The van der Waals surface area contributed by atoms with Crippen molar-refractivity contribution in [1.29, 1.82) is 0 Å². The normalized spacial score (nSPS) is 12.8. The van der Waals surface area contributed by atoms with Gasteiger partial charge in [-0.3, -0.25) is 4.79 Å². The monoisotopic (exact) mass is 308 g/mol. The first-order valence-electron chi connectivity index (χ1n) is 7.31. The fraction of sp³-hybridized carbons (Fsp3) is 0.471. The van der Waals surface area contributed by atoms with Crippen LogP contribution in [0.1, 0.15) is 54.8 Å². The van der Waals surface area contributed by atoms with Gasteiger partial charge in [0.05, 0.1) is 4.88 Å². The molecule has 20 heavy (non-hydrogen) atoms. The number of benzene rings is 1. The second kappa shape index (κ2) is 6.73. The second-order valence-corrected chi connectivity index (χ2v) is 6.80. The fourth-order valence-corrected chi connectivity index (χ4v) is 3.97. The molecule has 108 valence electrons. The van der Waals surface area contributed by atoms with E-state index in [-0.39, 0.29) is 5.92 Å². The second-order valence-electron chi connectivity index (χ2n) is 5.31. The number of fused-ring (bicyclic) bond motifs is 1. The van der Waals surface area contributed by atoms with Gasteiger partial charge in [0.1, 0.15) is 0 Å². The van der Waals surface area contributed by atoms with Crippen molar-refractivity contribution < 1.29 is 4.79 Å². The number of unbranched alkanes of at least 4 members (excludes halogenated alkanes) is 1. The van der Waals surface area contributed by atoms with Gasteiger partial charge in [-0.2, -0.15) is 0 Å². The van der Waals surface area contributed by atoms with Gasteiger partial charge in [-0.15, -0.1) is 11.3 Å². The van der Waals surface area contributed by atoms with Gasteiger partial charge in [0, 0.05) is 15.6 Å². The smallest absolute Gasteiger partial charge is 0.176 e. The Kier molecular flexibility index (Phi) is 5.22. The number of carbonyl (C=O) groups is 1. The molecule has 1 aromatic heterocycles. The Labute approximate surface area is 130 Å². The Bertz CT molecular complexity index is 615. The van der Waals surface area contributed by atoms with Crippen molar-refractivity contribution in [3.05, 3.63) is 33.7 Å². The number of ketones is 1. The van der Waals surface area contributed by atoms with Gasteiger partial charge in [-0.25, -0.2) is 0 Å². The van der Waals surface area contributed by atoms with E-state index in [0.717, 1.165) is 51.2 Å². The summed E-state index contributed by atoms with van der Waals surface area (Å²) in [5.74, 6) is 0.480. The van der Waals surface area contributed by atoms with Crippen LogP contribution in [0.3, 0.4) is 0 Å². The molecule has 0 aliphatic carbocycles. The molecule has 1 atom stereocenters. The topological polar surface area (TPSA) is 17.1 Å². The minimum Gasteiger partial charge on any atom is -0.293 e. The highest BCUT2D eigenvalue weighted by molar-refractivity contribution is 7.21. The first-order valence-corrected chi connectivity index (χ1v) is 8.50. The minimum atomic E-state index is 0.164. The summed E-state index contributed by atoms with van der Waals surface area (Å²) in [5.41, 5.74) is 1.09. The molecule has 0 amide bonds. The number of rotatable bonds is 6. The zero-order chi connectivity index (χ0) is 14.7. The van der Waals surface area contributed by atoms with Crippen molar-refractivity contribution in [2.24, 2.45) is 5.92 Å². The highest BCUT2D eigenvalue weighted by atomic mass is 35.5. The lowest BCUT2D eigenvalue weighted by Crippen LogP contribution is -2.13. The number of Topliss-reactive ketones (excluding diaryl/α,β-unsaturated/α-hetero) is 1. The highest BCUT2D eigenvalue weighted by Gasteiger charge is 2.22. The number of halogens is 1. The van der Waals surface area contributed by atoms with Crippen molar-refractivity contribution in [1.82, 2.24) is 0 Å². The average molecular weight is 309 g/mol. The Hall–Kier alpha value is -0.860. The van der Waals surface area contributed by atoms with E-state index in [1.807, 2.05) is 25.1 Å². The molecule has 0 spiro atoms. The Morgan fingerprint density at radius 3 is 2.75 bits per heavy atom. The number of carbonyl (C=O) groups excluding carboxylic acids is 1. The van der Waals surface area contributed by atoms with Gasteiger partial charge in [0.2, 0.25) is 0 Å². The molecule has 0 aliphatic rings. The molecule has 1 aromatic carbocycles. The lowest BCUT2D eigenvalue weighted by atomic mass is 9.92. The summed E-state index contributed by atoms with van der Waals surface area (Å²) in [6, 6.07) is 5.87. The maximum atomic E-state index is 12.7. The lowest BCUT2D eigenvalue weighted by molar-refractivity contribution is 0.0912. The van der Waals surface area contributed by atoms with Crippen LogP contribution in [0.15, 0.2) is 18.2 Å². The number of hydrogen-bond acceptors (Lipinski definition) is 2. The molecule has 2 rings (SSSR count). The van der Waals surface area contributed by atoms with Crippen LogP contribution < -0.4 is 0 Å². The van der Waals surface area contributed by atoms with Crippen molar-refractivity contribution in [2.45, 2.75) is 46.5 Å². The number of aryl methyl sites for hydroxylation is 1. The molecule has 0 N–H and O–H groups in total. The van der Waals surface area contributed by atoms with Crippen LogP contribution in [-0.2, 0) is 0 Å². The quantitative estimate of drug-likeness (QED) is 0.575. The van der Waals surface area contributed by atoms with E-state index in [9.17, 15) is 4.79 Å². The summed E-state index contributed by atoms with van der Waals surface area (Å²) in [6.45, 7) is 6.32. The first kappa shape index (κ1) is 15.5. The van der Waals surface area contributed by atoms with Crippen LogP contribution in [0.2, 0.25) is 5.02 Å². The van der Waals surface area contributed by atoms with Crippen LogP contribution in [0.5, 0.6) is 0 Å². The summed E-state index contributed by atoms with van der Waals surface area (Å²) < 4.78 is 1.15. The standard InChI is InChI=1S/C17H21ClOS/c1-4-6-7-12(5-2)16(19)17-11(3)14-10-13(18)8-9-15(14)20-17/h8-10,12H,4-7H2,1-3H3. The fourth-order valence-electron chi connectivity index (χ4n) is 2.58. The molecule has 0 bridgehead atoms. The molecule has 3 heteroatoms. The van der Waals surface area contributed by atoms with Crippen molar-refractivity contribution >= 4 is 38.8 Å². The van der Waals surface area contributed by atoms with Gasteiger partial charge >= 0.3 is 0 Å². The van der Waals surface area contributed by atoms with Crippen LogP contribution in [0.4, 0.5) is 0 Å². The molecule has 1 nitrogen and oxygen atoms in total. The highest BCUT2D eigenvalue weighted by Crippen LogP contribution is 2.35. The Balaban J connectivity index is 2.36. The van der Waals surface area contributed by atoms with E-state index in [1.54, 1.807) is 11.3 Å². The van der Waals surface area contributed by atoms with Crippen molar-refractivity contribution in [3.63, 3.8) is 0 Å². The molecule has 1 heterocycles. The molecule has 0 radical (unpaired) electrons. The van der Waals surface area contributed by atoms with Crippen molar-refractivity contribution in [3.8, 4) is 0 Å². The van der Waals surface area contributed by atoms with Gasteiger partial charge in [-0.05, 0) is 48.9 Å². The molecular formula is C17H21ClOS. The molecule has 0 saturated carbocycles. The van der Waals surface area contributed by atoms with E-state index in [4.69, 9.17) is 11.6 Å². The van der Waals surface area contributed by atoms with E-state index in [1.165, 1.54) is 0 Å². The minimum absolute atomic E-state index is 0.164. The van der Waals surface area contributed by atoms with E-state index in [2.05, 4.69) is 13.8 Å². The summed E-state index contributed by atoms with van der Waals surface area (Å²) in [4.78, 5) is 13.7. The van der Waals surface area contributed by atoms with E-state index < -0.39 is 0 Å². The Morgan fingerprint density at radius 2 is 2.10 bits per heavy atom. The van der Waals surface area contributed by atoms with E-state index >= 15 is 0 Å². The van der Waals surface area contributed by atoms with Crippen LogP contribution in [-0.4, -0.2) is 5.78 Å². The third kappa shape index (κ3) is 3.07. The van der Waals surface area contributed by atoms with E-state index in [0.29, 0.717) is 5.78 Å². The van der Waals surface area contributed by atoms with Gasteiger partial charge in [0.15, 0.2) is 5.78 Å². The van der Waals surface area contributed by atoms with Gasteiger partial charge in [-0.1, -0.05) is 38.3 Å². The van der Waals surface area contributed by atoms with Crippen LogP contribution in [0.25, 0.3) is 10.1 Å². The largest absolute Gasteiger partial charge is 0.293 e. The summed E-state index contributed by atoms with van der Waals surface area (Å²) >= 11 is 7.67. The molecule has 1 unspecified atom stereocenters. The summed E-state index contributed by atoms with van der Waals surface area (Å²) in [5, 5.41) is 1.85. The number of thiophene rings is 1. The molecular weight excluding hydrogens is 288 g/mol. The molecule has 0 aliphatic heterocycles. The third-order valence-corrected chi connectivity index (χ3v) is 5.41. The maximum Gasteiger partial charge on any atom is 0.176 e. The summed E-state index contributed by atoms with van der Waals surface area (Å²) in [6.07, 6.45) is 4.19. The van der Waals surface area contributed by atoms with Gasteiger partial charge in [0.25, 0.3) is 0 Å². The average Bonchev–Trinajstić information content (AvgIpc) is 2.76. The molecule has 0 saturated heterocycles. The zero-order valence-electron chi connectivity index (χ0n) is 12.3. The predicted molar refractivity (Wildman–Crippen MR) is 89.2 cm³/mol. The third-order valence-electron chi connectivity index (χ3n) is 3.89. The first-order chi connectivity index (χ1) is 9.58.